The van der Waals surface area contributed by atoms with Gasteiger partial charge in [-0.1, -0.05) is 27.7 Å². The summed E-state index contributed by atoms with van der Waals surface area (Å²) in [5.74, 6) is 2.65. The number of aryl methyl sites for hydroxylation is 1. The third kappa shape index (κ3) is 3.41. The maximum atomic E-state index is 6.18. The number of rotatable bonds is 3. The summed E-state index contributed by atoms with van der Waals surface area (Å²) < 4.78 is 6.18. The summed E-state index contributed by atoms with van der Waals surface area (Å²) >= 11 is 0. The van der Waals surface area contributed by atoms with E-state index in [0.29, 0.717) is 23.0 Å². The molecule has 2 unspecified atom stereocenters. The molecule has 0 spiro atoms. The highest BCUT2D eigenvalue weighted by Gasteiger charge is 2.33. The van der Waals surface area contributed by atoms with Crippen LogP contribution >= 0.6 is 0 Å². The fourth-order valence-corrected chi connectivity index (χ4v) is 3.34. The van der Waals surface area contributed by atoms with Crippen molar-refractivity contribution < 1.29 is 4.74 Å². The van der Waals surface area contributed by atoms with Gasteiger partial charge in [-0.15, -0.1) is 0 Å². The molecule has 1 aromatic rings. The van der Waals surface area contributed by atoms with E-state index >= 15 is 0 Å². The number of anilines is 1. The summed E-state index contributed by atoms with van der Waals surface area (Å²) in [5.41, 5.74) is 7.15. The number of hydrogen-bond acceptors (Lipinski definition) is 4. The summed E-state index contributed by atoms with van der Waals surface area (Å²) in [4.78, 5) is 8.78. The van der Waals surface area contributed by atoms with E-state index in [1.807, 2.05) is 13.8 Å². The van der Waals surface area contributed by atoms with Crippen molar-refractivity contribution in [1.29, 1.82) is 0 Å². The van der Waals surface area contributed by atoms with Crippen molar-refractivity contribution in [3.63, 3.8) is 0 Å². The quantitative estimate of drug-likeness (QED) is 0.918. The first-order valence-corrected chi connectivity index (χ1v) is 7.60. The molecule has 2 atom stereocenters. The Morgan fingerprint density at radius 3 is 2.60 bits per heavy atom. The highest BCUT2D eigenvalue weighted by molar-refractivity contribution is 5.44. The zero-order chi connectivity index (χ0) is 14.9. The molecule has 0 bridgehead atoms. The van der Waals surface area contributed by atoms with Gasteiger partial charge in [0, 0.05) is 6.42 Å². The van der Waals surface area contributed by atoms with Crippen LogP contribution in [0.3, 0.4) is 0 Å². The Labute approximate surface area is 122 Å². The molecule has 0 aromatic carbocycles. The van der Waals surface area contributed by atoms with Crippen LogP contribution in [0.1, 0.15) is 58.3 Å². The molecule has 2 N–H and O–H groups in total. The van der Waals surface area contributed by atoms with Gasteiger partial charge in [0.05, 0.1) is 5.56 Å². The van der Waals surface area contributed by atoms with E-state index in [9.17, 15) is 0 Å². The van der Waals surface area contributed by atoms with Gasteiger partial charge in [-0.3, -0.25) is 0 Å². The minimum Gasteiger partial charge on any atom is -0.474 e. The summed E-state index contributed by atoms with van der Waals surface area (Å²) in [7, 11) is 0. The minimum absolute atomic E-state index is 0.228. The molecule has 1 fully saturated rings. The number of aromatic nitrogens is 2. The molecule has 0 amide bonds. The smallest absolute Gasteiger partial charge is 0.222 e. The average Bonchev–Trinajstić information content (AvgIpc) is 2.32. The van der Waals surface area contributed by atoms with Crippen molar-refractivity contribution in [2.75, 3.05) is 5.73 Å². The van der Waals surface area contributed by atoms with Crippen molar-refractivity contribution in [3.8, 4) is 5.88 Å². The van der Waals surface area contributed by atoms with Crippen molar-refractivity contribution in [3.05, 3.63) is 11.4 Å². The zero-order valence-corrected chi connectivity index (χ0v) is 13.4. The van der Waals surface area contributed by atoms with Gasteiger partial charge >= 0.3 is 0 Å². The molecule has 0 radical (unpaired) electrons. The van der Waals surface area contributed by atoms with Crippen LogP contribution in [0, 0.1) is 18.3 Å². The standard InChI is InChI=1S/C16H27N3O/c1-6-13-18-14(17)11(3)15(19-13)20-12-7-10(2)8-16(4,5)9-12/h10,12H,6-9H2,1-5H3,(H2,17,18,19). The second-order valence-electron chi connectivity index (χ2n) is 6.96. The first-order chi connectivity index (χ1) is 9.30. The number of nitrogen functional groups attached to an aromatic ring is 1. The van der Waals surface area contributed by atoms with E-state index < -0.39 is 0 Å². The highest BCUT2D eigenvalue weighted by atomic mass is 16.5. The molecule has 1 aromatic heterocycles. The van der Waals surface area contributed by atoms with E-state index in [1.165, 1.54) is 6.42 Å². The Morgan fingerprint density at radius 1 is 1.30 bits per heavy atom. The molecule has 20 heavy (non-hydrogen) atoms. The fraction of sp³-hybridized carbons (Fsp3) is 0.750. The van der Waals surface area contributed by atoms with Gasteiger partial charge in [0.2, 0.25) is 5.88 Å². The Hall–Kier alpha value is -1.32. The van der Waals surface area contributed by atoms with Crippen LogP contribution in [0.2, 0.25) is 0 Å². The van der Waals surface area contributed by atoms with Crippen LogP contribution < -0.4 is 10.5 Å². The summed E-state index contributed by atoms with van der Waals surface area (Å²) in [6, 6.07) is 0. The van der Waals surface area contributed by atoms with Gasteiger partial charge in [0.1, 0.15) is 17.7 Å². The molecule has 0 saturated heterocycles. The number of hydrogen-bond donors (Lipinski definition) is 1. The molecule has 2 rings (SSSR count). The van der Waals surface area contributed by atoms with E-state index in [2.05, 4.69) is 30.7 Å². The molecule has 4 nitrogen and oxygen atoms in total. The predicted molar refractivity (Wildman–Crippen MR) is 81.8 cm³/mol. The van der Waals surface area contributed by atoms with E-state index in [-0.39, 0.29) is 6.10 Å². The molecular weight excluding hydrogens is 250 g/mol. The van der Waals surface area contributed by atoms with Crippen molar-refractivity contribution in [1.82, 2.24) is 9.97 Å². The minimum atomic E-state index is 0.228. The molecule has 1 heterocycles. The lowest BCUT2D eigenvalue weighted by Crippen LogP contribution is -2.34. The van der Waals surface area contributed by atoms with E-state index in [1.54, 1.807) is 0 Å². The van der Waals surface area contributed by atoms with Gasteiger partial charge in [-0.25, -0.2) is 4.98 Å². The number of nitrogens with two attached hydrogens (primary N) is 1. The van der Waals surface area contributed by atoms with Crippen LogP contribution in [0.5, 0.6) is 5.88 Å². The predicted octanol–water partition coefficient (Wildman–Crippen LogP) is 3.52. The van der Waals surface area contributed by atoms with E-state index in [4.69, 9.17) is 10.5 Å². The van der Waals surface area contributed by atoms with Gasteiger partial charge in [-0.2, -0.15) is 4.98 Å². The summed E-state index contributed by atoms with van der Waals surface area (Å²) in [5, 5.41) is 0. The molecule has 1 saturated carbocycles. The first-order valence-electron chi connectivity index (χ1n) is 7.60. The topological polar surface area (TPSA) is 61.0 Å². The van der Waals surface area contributed by atoms with Crippen LogP contribution in [-0.4, -0.2) is 16.1 Å². The summed E-state index contributed by atoms with van der Waals surface area (Å²) in [6.07, 6.45) is 4.42. The lowest BCUT2D eigenvalue weighted by atomic mass is 9.71. The number of ether oxygens (including phenoxy) is 1. The third-order valence-electron chi connectivity index (χ3n) is 4.13. The number of nitrogens with zero attached hydrogens (tertiary/aromatic N) is 2. The molecular formula is C16H27N3O. The highest BCUT2D eigenvalue weighted by Crippen LogP contribution is 2.40. The fourth-order valence-electron chi connectivity index (χ4n) is 3.34. The van der Waals surface area contributed by atoms with Crippen molar-refractivity contribution in [2.45, 2.75) is 66.4 Å². The SMILES string of the molecule is CCc1nc(N)c(C)c(OC2CC(C)CC(C)(C)C2)n1. The maximum absolute atomic E-state index is 6.18. The van der Waals surface area contributed by atoms with Crippen LogP contribution in [0.15, 0.2) is 0 Å². The second kappa shape index (κ2) is 5.58. The second-order valence-corrected chi connectivity index (χ2v) is 6.96. The molecule has 112 valence electrons. The summed E-state index contributed by atoms with van der Waals surface area (Å²) in [6.45, 7) is 10.9. The van der Waals surface area contributed by atoms with Gasteiger partial charge in [0.15, 0.2) is 0 Å². The van der Waals surface area contributed by atoms with Crippen LogP contribution in [0.4, 0.5) is 5.82 Å². The average molecular weight is 277 g/mol. The van der Waals surface area contributed by atoms with Gasteiger partial charge in [0.25, 0.3) is 0 Å². The Bertz CT molecular complexity index is 485. The Balaban J connectivity index is 2.19. The monoisotopic (exact) mass is 277 g/mol. The van der Waals surface area contributed by atoms with Gasteiger partial charge < -0.3 is 10.5 Å². The first kappa shape index (κ1) is 15.1. The van der Waals surface area contributed by atoms with Gasteiger partial charge in [-0.05, 0) is 37.5 Å². The van der Waals surface area contributed by atoms with Crippen molar-refractivity contribution in [2.24, 2.45) is 11.3 Å². The maximum Gasteiger partial charge on any atom is 0.222 e. The molecule has 1 aliphatic rings. The lowest BCUT2D eigenvalue weighted by Gasteiger charge is -2.38. The molecule has 0 aliphatic heterocycles. The Kier molecular flexibility index (Phi) is 4.21. The normalized spacial score (nSPS) is 25.4. The lowest BCUT2D eigenvalue weighted by molar-refractivity contribution is 0.0526. The molecule has 1 aliphatic carbocycles. The zero-order valence-electron chi connectivity index (χ0n) is 13.4. The van der Waals surface area contributed by atoms with Crippen LogP contribution in [-0.2, 0) is 6.42 Å². The van der Waals surface area contributed by atoms with Crippen molar-refractivity contribution >= 4 is 5.82 Å². The van der Waals surface area contributed by atoms with E-state index in [0.717, 1.165) is 30.7 Å². The molecule has 4 heteroatoms. The third-order valence-corrected chi connectivity index (χ3v) is 4.13. The Morgan fingerprint density at radius 2 is 2.00 bits per heavy atom. The van der Waals surface area contributed by atoms with Crippen LogP contribution in [0.25, 0.3) is 0 Å². The largest absolute Gasteiger partial charge is 0.474 e.